The van der Waals surface area contributed by atoms with Crippen LogP contribution < -0.4 is 9.46 Å². The first kappa shape index (κ1) is 22.5. The molecule has 2 aromatic carbocycles. The zero-order chi connectivity index (χ0) is 22.8. The molecule has 0 aliphatic carbocycles. The van der Waals surface area contributed by atoms with Gasteiger partial charge in [-0.3, -0.25) is 9.00 Å². The fraction of sp³-hybridized carbons (Fsp3) is 0.118. The summed E-state index contributed by atoms with van der Waals surface area (Å²) in [5.74, 6) is -2.00. The summed E-state index contributed by atoms with van der Waals surface area (Å²) in [6.07, 6.45) is -4.39. The van der Waals surface area contributed by atoms with Crippen LogP contribution in [0.1, 0.15) is 16.2 Å². The summed E-state index contributed by atoms with van der Waals surface area (Å²) in [7, 11) is 0. The molecular formula is C17H10F5N4O4S-. The second kappa shape index (κ2) is 8.49. The highest BCUT2D eigenvalue weighted by Crippen LogP contribution is 2.30. The van der Waals surface area contributed by atoms with Crippen molar-refractivity contribution < 1.29 is 40.2 Å². The number of rotatable bonds is 7. The molecule has 0 radical (unpaired) electrons. The molecule has 1 atom stereocenters. The number of carbonyl (C=O) groups is 1. The summed E-state index contributed by atoms with van der Waals surface area (Å²) in [5, 5.41) is 3.92. The first-order chi connectivity index (χ1) is 14.5. The third-order valence-corrected chi connectivity index (χ3v) is 4.14. The maximum absolute atomic E-state index is 14.5. The largest absolute Gasteiger partial charge is 0.760 e. The van der Waals surface area contributed by atoms with Gasteiger partial charge in [0.15, 0.2) is 5.82 Å². The minimum absolute atomic E-state index is 0.147. The number of hydrogen-bond acceptors (Lipinski definition) is 6. The average Bonchev–Trinajstić information content (AvgIpc) is 3.13. The van der Waals surface area contributed by atoms with Gasteiger partial charge in [0.1, 0.15) is 12.0 Å². The highest BCUT2D eigenvalue weighted by atomic mass is 32.2. The fourth-order valence-corrected chi connectivity index (χ4v) is 2.77. The third kappa shape index (κ3) is 5.48. The minimum Gasteiger partial charge on any atom is -0.760 e. The molecule has 14 heteroatoms. The number of halogens is 5. The molecular weight excluding hydrogens is 451 g/mol. The molecule has 3 rings (SSSR count). The summed E-state index contributed by atoms with van der Waals surface area (Å²) in [5.41, 5.74) is 0.380. The highest BCUT2D eigenvalue weighted by Gasteiger charge is 2.39. The molecule has 0 amide bonds. The zero-order valence-corrected chi connectivity index (χ0v) is 15.8. The molecule has 0 bridgehead atoms. The van der Waals surface area contributed by atoms with Crippen molar-refractivity contribution in [3.63, 3.8) is 0 Å². The number of aldehydes is 1. The van der Waals surface area contributed by atoms with Crippen LogP contribution in [0.4, 0.5) is 22.0 Å². The van der Waals surface area contributed by atoms with E-state index in [4.69, 9.17) is 0 Å². The van der Waals surface area contributed by atoms with E-state index in [9.17, 15) is 35.5 Å². The van der Waals surface area contributed by atoms with Crippen LogP contribution >= 0.6 is 0 Å². The van der Waals surface area contributed by atoms with E-state index in [-0.39, 0.29) is 17.1 Å². The number of nitrogens with one attached hydrogen (secondary N) is 1. The van der Waals surface area contributed by atoms with E-state index in [0.29, 0.717) is 16.5 Å². The first-order valence-corrected chi connectivity index (χ1v) is 9.20. The number of hydrogen-bond donors (Lipinski definition) is 1. The van der Waals surface area contributed by atoms with Gasteiger partial charge in [-0.1, -0.05) is 24.3 Å². The number of benzene rings is 2. The normalized spacial score (nSPS) is 13.1. The predicted molar refractivity (Wildman–Crippen MR) is 94.8 cm³/mol. The molecule has 0 aliphatic heterocycles. The summed E-state index contributed by atoms with van der Waals surface area (Å²) in [4.78, 5) is 14.4. The number of nitrogens with zero attached hydrogens (tertiary/aromatic N) is 3. The fourth-order valence-electron chi connectivity index (χ4n) is 2.47. The van der Waals surface area contributed by atoms with Crippen molar-refractivity contribution in [2.24, 2.45) is 0 Å². The Labute approximate surface area is 173 Å². The highest BCUT2D eigenvalue weighted by molar-refractivity contribution is 7.77. The lowest BCUT2D eigenvalue weighted by molar-refractivity contribution is -0.274. The second-order valence-corrected chi connectivity index (χ2v) is 6.54. The molecule has 0 fully saturated rings. The van der Waals surface area contributed by atoms with Gasteiger partial charge in [-0.15, -0.1) is 18.3 Å². The SMILES string of the molecule is O=Cc1ccc(-c2nc(C(F)(F)NS(=O)[O-])n(-c3ccc(OC(F)(F)F)cc3)n2)cc1. The summed E-state index contributed by atoms with van der Waals surface area (Å²) < 4.78 is 92.7. The summed E-state index contributed by atoms with van der Waals surface area (Å²) in [6.45, 7) is 0. The van der Waals surface area contributed by atoms with Crippen LogP contribution in [0, 0.1) is 0 Å². The van der Waals surface area contributed by atoms with Gasteiger partial charge >= 0.3 is 12.4 Å². The van der Waals surface area contributed by atoms with Crippen LogP contribution in [-0.2, 0) is 17.3 Å². The molecule has 1 N–H and O–H groups in total. The van der Waals surface area contributed by atoms with E-state index < -0.39 is 35.2 Å². The van der Waals surface area contributed by atoms with Gasteiger partial charge in [-0.05, 0) is 24.3 Å². The Hall–Kier alpha value is -3.23. The molecule has 1 aromatic heterocycles. The van der Waals surface area contributed by atoms with Gasteiger partial charge in [0.25, 0.3) is 0 Å². The maximum Gasteiger partial charge on any atom is 0.573 e. The average molecular weight is 461 g/mol. The molecule has 8 nitrogen and oxygen atoms in total. The minimum atomic E-state index is -4.95. The number of alkyl halides is 5. The van der Waals surface area contributed by atoms with Crippen LogP contribution in [0.25, 0.3) is 17.1 Å². The second-order valence-electron chi connectivity index (χ2n) is 5.86. The van der Waals surface area contributed by atoms with Gasteiger partial charge in [0.2, 0.25) is 5.82 Å². The number of aromatic nitrogens is 3. The van der Waals surface area contributed by atoms with Crippen LogP contribution in [0.3, 0.4) is 0 Å². The zero-order valence-electron chi connectivity index (χ0n) is 15.0. The lowest BCUT2D eigenvalue weighted by atomic mass is 10.1. The van der Waals surface area contributed by atoms with Crippen molar-refractivity contribution in [2.75, 3.05) is 0 Å². The van der Waals surface area contributed by atoms with E-state index in [1.165, 1.54) is 24.3 Å². The lowest BCUT2D eigenvalue weighted by Gasteiger charge is -2.19. The van der Waals surface area contributed by atoms with Crippen molar-refractivity contribution in [2.45, 2.75) is 12.4 Å². The Balaban J connectivity index is 2.07. The van der Waals surface area contributed by atoms with Crippen LogP contribution in [0.5, 0.6) is 5.75 Å². The van der Waals surface area contributed by atoms with Crippen LogP contribution in [-0.4, -0.2) is 36.2 Å². The molecule has 164 valence electrons. The quantitative estimate of drug-likeness (QED) is 0.251. The van der Waals surface area contributed by atoms with Gasteiger partial charge in [0, 0.05) is 22.4 Å². The molecule has 0 aliphatic rings. The van der Waals surface area contributed by atoms with E-state index in [2.05, 4.69) is 14.8 Å². The third-order valence-electron chi connectivity index (χ3n) is 3.72. The molecule has 0 spiro atoms. The first-order valence-electron chi connectivity index (χ1n) is 8.13. The Morgan fingerprint density at radius 1 is 1.03 bits per heavy atom. The standard InChI is InChI=1S/C17H11F5N4O4S/c18-16(19,25-31(28)29)15-23-14(11-3-1-10(9-27)2-4-11)24-26(15)12-5-7-13(8-6-12)30-17(20,21)22/h1-9,25H,(H,28,29)/p-1. The Bertz CT molecular complexity index is 1100. The topological polar surface area (TPSA) is 109 Å². The molecule has 0 saturated carbocycles. The van der Waals surface area contributed by atoms with Gasteiger partial charge < -0.3 is 9.29 Å². The number of carbonyl (C=O) groups excluding carboxylic acids is 1. The van der Waals surface area contributed by atoms with Gasteiger partial charge in [0.05, 0.1) is 5.69 Å². The van der Waals surface area contributed by atoms with Crippen molar-refractivity contribution >= 4 is 17.6 Å². The summed E-state index contributed by atoms with van der Waals surface area (Å²) >= 11 is -3.37. The predicted octanol–water partition coefficient (Wildman–Crippen LogP) is 3.08. The monoisotopic (exact) mass is 461 g/mol. The summed E-state index contributed by atoms with van der Waals surface area (Å²) in [6, 6.07) is 5.06. The van der Waals surface area contributed by atoms with Crippen molar-refractivity contribution in [1.29, 1.82) is 0 Å². The van der Waals surface area contributed by atoms with Crippen molar-refractivity contribution in [3.8, 4) is 22.8 Å². The Morgan fingerprint density at radius 3 is 2.16 bits per heavy atom. The van der Waals surface area contributed by atoms with E-state index in [0.717, 1.165) is 29.0 Å². The van der Waals surface area contributed by atoms with Crippen LogP contribution in [0.2, 0.25) is 0 Å². The lowest BCUT2D eigenvalue weighted by Crippen LogP contribution is -2.37. The van der Waals surface area contributed by atoms with Crippen molar-refractivity contribution in [3.05, 3.63) is 59.9 Å². The molecule has 1 unspecified atom stereocenters. The molecule has 0 saturated heterocycles. The maximum atomic E-state index is 14.5. The van der Waals surface area contributed by atoms with Gasteiger partial charge in [-0.2, -0.15) is 13.5 Å². The Kier molecular flexibility index (Phi) is 6.15. The molecule has 3 aromatic rings. The van der Waals surface area contributed by atoms with Crippen LogP contribution in [0.15, 0.2) is 48.5 Å². The van der Waals surface area contributed by atoms with E-state index in [1.54, 1.807) is 0 Å². The van der Waals surface area contributed by atoms with E-state index in [1.807, 2.05) is 0 Å². The molecule has 1 heterocycles. The number of ether oxygens (including phenoxy) is 1. The Morgan fingerprint density at radius 2 is 1.65 bits per heavy atom. The van der Waals surface area contributed by atoms with Gasteiger partial charge in [-0.25, -0.2) is 9.67 Å². The molecule has 31 heavy (non-hydrogen) atoms. The van der Waals surface area contributed by atoms with Crippen molar-refractivity contribution in [1.82, 2.24) is 19.5 Å². The van der Waals surface area contributed by atoms with E-state index >= 15 is 0 Å². The smallest absolute Gasteiger partial charge is 0.573 e.